The molecule has 1 unspecified atom stereocenters. The molecule has 0 spiro atoms. The van der Waals surface area contributed by atoms with Crippen LogP contribution >= 0.6 is 0 Å². The van der Waals surface area contributed by atoms with Gasteiger partial charge in [0.25, 0.3) is 0 Å². The third-order valence-electron chi connectivity index (χ3n) is 3.84. The zero-order chi connectivity index (χ0) is 14.4. The molecule has 0 bridgehead atoms. The second kappa shape index (κ2) is 7.60. The van der Waals surface area contributed by atoms with Crippen molar-refractivity contribution in [1.29, 1.82) is 0 Å². The summed E-state index contributed by atoms with van der Waals surface area (Å²) in [5.41, 5.74) is 2.36. The summed E-state index contributed by atoms with van der Waals surface area (Å²) >= 11 is 0. The van der Waals surface area contributed by atoms with E-state index in [1.807, 2.05) is 6.20 Å². The first-order chi connectivity index (χ1) is 9.80. The second-order valence-corrected chi connectivity index (χ2v) is 5.38. The van der Waals surface area contributed by atoms with Gasteiger partial charge in [0.1, 0.15) is 0 Å². The van der Waals surface area contributed by atoms with Crippen molar-refractivity contribution >= 4 is 5.69 Å². The van der Waals surface area contributed by atoms with E-state index in [9.17, 15) is 0 Å². The van der Waals surface area contributed by atoms with Crippen LogP contribution in [0.25, 0.3) is 0 Å². The summed E-state index contributed by atoms with van der Waals surface area (Å²) in [6.45, 7) is 7.03. The van der Waals surface area contributed by atoms with Gasteiger partial charge in [-0.2, -0.15) is 0 Å². The molecule has 1 aliphatic rings. The predicted molar refractivity (Wildman–Crippen MR) is 83.2 cm³/mol. The Balaban J connectivity index is 2.05. The maximum absolute atomic E-state index is 5.21. The average Bonchev–Trinajstić information content (AvgIpc) is 3.31. The summed E-state index contributed by atoms with van der Waals surface area (Å²) in [4.78, 5) is 7.09. The topological polar surface area (TPSA) is 37.4 Å². The Labute approximate surface area is 122 Å². The third-order valence-corrected chi connectivity index (χ3v) is 3.84. The number of nitrogens with zero attached hydrogens (tertiary/aromatic N) is 2. The molecule has 1 N–H and O–H groups in total. The number of hydrogen-bond acceptors (Lipinski definition) is 4. The minimum absolute atomic E-state index is 0.363. The molecule has 0 saturated heterocycles. The number of ether oxygens (including phenoxy) is 1. The van der Waals surface area contributed by atoms with Crippen molar-refractivity contribution < 1.29 is 4.74 Å². The van der Waals surface area contributed by atoms with Crippen molar-refractivity contribution in [3.63, 3.8) is 0 Å². The highest BCUT2D eigenvalue weighted by atomic mass is 16.5. The molecule has 0 aromatic carbocycles. The van der Waals surface area contributed by atoms with Gasteiger partial charge in [-0.15, -0.1) is 0 Å². The quantitative estimate of drug-likeness (QED) is 0.753. The van der Waals surface area contributed by atoms with Crippen molar-refractivity contribution in [2.45, 2.75) is 45.2 Å². The molecule has 2 rings (SSSR count). The first-order valence-electron chi connectivity index (χ1n) is 7.75. The maximum Gasteiger partial charge on any atom is 0.0637 e. The lowest BCUT2D eigenvalue weighted by atomic mass is 10.1. The van der Waals surface area contributed by atoms with E-state index in [0.717, 1.165) is 31.8 Å². The molecular formula is C16H27N3O. The Morgan fingerprint density at radius 3 is 2.70 bits per heavy atom. The van der Waals surface area contributed by atoms with Crippen LogP contribution in [-0.4, -0.2) is 37.8 Å². The second-order valence-electron chi connectivity index (χ2n) is 5.38. The van der Waals surface area contributed by atoms with Gasteiger partial charge in [0.05, 0.1) is 24.2 Å². The number of rotatable bonds is 9. The van der Waals surface area contributed by atoms with Gasteiger partial charge in [-0.3, -0.25) is 4.98 Å². The molecule has 1 saturated carbocycles. The van der Waals surface area contributed by atoms with Gasteiger partial charge < -0.3 is 15.0 Å². The van der Waals surface area contributed by atoms with Crippen molar-refractivity contribution in [3.8, 4) is 0 Å². The molecule has 1 aliphatic carbocycles. The molecule has 1 aromatic rings. The van der Waals surface area contributed by atoms with Gasteiger partial charge in [0.15, 0.2) is 0 Å². The molecule has 1 aromatic heterocycles. The van der Waals surface area contributed by atoms with Crippen LogP contribution in [0.1, 0.15) is 44.8 Å². The monoisotopic (exact) mass is 277 g/mol. The summed E-state index contributed by atoms with van der Waals surface area (Å²) in [5, 5.41) is 3.47. The van der Waals surface area contributed by atoms with E-state index in [2.05, 4.69) is 41.2 Å². The van der Waals surface area contributed by atoms with Crippen molar-refractivity contribution in [1.82, 2.24) is 10.3 Å². The fraction of sp³-hybridized carbons (Fsp3) is 0.688. The highest BCUT2D eigenvalue weighted by Gasteiger charge is 2.29. The Kier molecular flexibility index (Phi) is 5.80. The van der Waals surface area contributed by atoms with Crippen LogP contribution in [0.15, 0.2) is 18.3 Å². The normalized spacial score (nSPS) is 16.1. The first kappa shape index (κ1) is 15.3. The van der Waals surface area contributed by atoms with E-state index in [4.69, 9.17) is 4.74 Å². The summed E-state index contributed by atoms with van der Waals surface area (Å²) in [6, 6.07) is 5.42. The first-order valence-corrected chi connectivity index (χ1v) is 7.75. The zero-order valence-corrected chi connectivity index (χ0v) is 12.9. The largest absolute Gasteiger partial charge is 0.383 e. The Morgan fingerprint density at radius 2 is 2.20 bits per heavy atom. The number of hydrogen-bond donors (Lipinski definition) is 1. The molecule has 20 heavy (non-hydrogen) atoms. The van der Waals surface area contributed by atoms with E-state index >= 15 is 0 Å². The van der Waals surface area contributed by atoms with Crippen LogP contribution in [0.3, 0.4) is 0 Å². The van der Waals surface area contributed by atoms with Crippen molar-refractivity contribution in [2.24, 2.45) is 0 Å². The zero-order valence-electron chi connectivity index (χ0n) is 12.9. The minimum Gasteiger partial charge on any atom is -0.383 e. The van der Waals surface area contributed by atoms with E-state index in [1.54, 1.807) is 7.11 Å². The van der Waals surface area contributed by atoms with Gasteiger partial charge in [-0.1, -0.05) is 13.8 Å². The number of anilines is 1. The number of methoxy groups -OCH3 is 1. The van der Waals surface area contributed by atoms with Crippen LogP contribution < -0.4 is 10.2 Å². The fourth-order valence-electron chi connectivity index (χ4n) is 2.58. The summed E-state index contributed by atoms with van der Waals surface area (Å²) < 4.78 is 5.21. The Morgan fingerprint density at radius 1 is 1.40 bits per heavy atom. The number of aromatic nitrogens is 1. The molecule has 1 atom stereocenters. The maximum atomic E-state index is 5.21. The smallest absolute Gasteiger partial charge is 0.0637 e. The predicted octanol–water partition coefficient (Wildman–Crippen LogP) is 2.76. The molecule has 1 heterocycles. The van der Waals surface area contributed by atoms with E-state index < -0.39 is 0 Å². The third kappa shape index (κ3) is 3.93. The Bertz CT molecular complexity index is 389. The van der Waals surface area contributed by atoms with E-state index in [0.29, 0.717) is 12.1 Å². The molecule has 0 amide bonds. The summed E-state index contributed by atoms with van der Waals surface area (Å²) in [6.07, 6.45) is 5.67. The van der Waals surface area contributed by atoms with Crippen LogP contribution in [0.4, 0.5) is 5.69 Å². The minimum atomic E-state index is 0.363. The van der Waals surface area contributed by atoms with Gasteiger partial charge >= 0.3 is 0 Å². The van der Waals surface area contributed by atoms with Crippen LogP contribution in [0, 0.1) is 0 Å². The lowest BCUT2D eigenvalue weighted by Gasteiger charge is -2.24. The van der Waals surface area contributed by atoms with Crippen molar-refractivity contribution in [3.05, 3.63) is 24.0 Å². The standard InChI is InChI=1S/C16H27N3O/c1-4-15(17-5-2)16-9-8-14(12-18-16)19(10-11-20-3)13-6-7-13/h8-9,12-13,15,17H,4-7,10-11H2,1-3H3. The highest BCUT2D eigenvalue weighted by Crippen LogP contribution is 2.31. The molecule has 4 heteroatoms. The van der Waals surface area contributed by atoms with E-state index in [1.165, 1.54) is 18.5 Å². The van der Waals surface area contributed by atoms with Gasteiger partial charge in [0.2, 0.25) is 0 Å². The summed E-state index contributed by atoms with van der Waals surface area (Å²) in [7, 11) is 1.76. The molecule has 0 aliphatic heterocycles. The lowest BCUT2D eigenvalue weighted by Crippen LogP contribution is -2.29. The number of nitrogens with one attached hydrogen (secondary N) is 1. The lowest BCUT2D eigenvalue weighted by molar-refractivity contribution is 0.205. The molecular weight excluding hydrogens is 250 g/mol. The molecule has 1 fully saturated rings. The molecule has 4 nitrogen and oxygen atoms in total. The van der Waals surface area contributed by atoms with Crippen LogP contribution in [0.5, 0.6) is 0 Å². The SMILES string of the molecule is CCNC(CC)c1ccc(N(CCOC)C2CC2)cn1. The molecule has 0 radical (unpaired) electrons. The van der Waals surface area contributed by atoms with Gasteiger partial charge in [0, 0.05) is 25.7 Å². The van der Waals surface area contributed by atoms with Gasteiger partial charge in [-0.25, -0.2) is 0 Å². The highest BCUT2D eigenvalue weighted by molar-refractivity contribution is 5.47. The average molecular weight is 277 g/mol. The van der Waals surface area contributed by atoms with Crippen LogP contribution in [-0.2, 0) is 4.74 Å². The van der Waals surface area contributed by atoms with Crippen molar-refractivity contribution in [2.75, 3.05) is 31.7 Å². The van der Waals surface area contributed by atoms with E-state index in [-0.39, 0.29) is 0 Å². The molecule has 112 valence electrons. The fourth-order valence-corrected chi connectivity index (χ4v) is 2.58. The number of pyridine rings is 1. The van der Waals surface area contributed by atoms with Gasteiger partial charge in [-0.05, 0) is 37.9 Å². The van der Waals surface area contributed by atoms with Crippen LogP contribution in [0.2, 0.25) is 0 Å². The Hall–Kier alpha value is -1.13. The summed E-state index contributed by atoms with van der Waals surface area (Å²) in [5.74, 6) is 0.